The summed E-state index contributed by atoms with van der Waals surface area (Å²) >= 11 is 1.93. The summed E-state index contributed by atoms with van der Waals surface area (Å²) in [7, 11) is 0. The lowest BCUT2D eigenvalue weighted by atomic mass is 10.0. The zero-order chi connectivity index (χ0) is 17.8. The van der Waals surface area contributed by atoms with Crippen LogP contribution in [0.1, 0.15) is 29.5 Å². The van der Waals surface area contributed by atoms with Gasteiger partial charge in [0.15, 0.2) is 0 Å². The fourth-order valence-electron chi connectivity index (χ4n) is 4.16. The van der Waals surface area contributed by atoms with E-state index in [9.17, 15) is 0 Å². The Labute approximate surface area is 158 Å². The molecule has 4 aromatic rings. The van der Waals surface area contributed by atoms with Crippen molar-refractivity contribution < 1.29 is 0 Å². The Bertz CT molecular complexity index is 1150. The van der Waals surface area contributed by atoms with Crippen LogP contribution in [-0.4, -0.2) is 4.57 Å². The Hall–Kier alpha value is -2.32. The Morgan fingerprint density at radius 1 is 1.15 bits per heavy atom. The average molecular weight is 358 g/mol. The Kier molecular flexibility index (Phi) is 3.58. The van der Waals surface area contributed by atoms with Gasteiger partial charge in [-0.25, -0.2) is 0 Å². The number of hydrogen-bond donors (Lipinski definition) is 0. The maximum Gasteiger partial charge on any atom is 0.0596 e. The van der Waals surface area contributed by atoms with Crippen molar-refractivity contribution in [1.29, 1.82) is 0 Å². The Morgan fingerprint density at radius 2 is 1.96 bits per heavy atom. The summed E-state index contributed by atoms with van der Waals surface area (Å²) in [6.45, 7) is 9.60. The first-order valence-corrected chi connectivity index (χ1v) is 10.2. The van der Waals surface area contributed by atoms with E-state index in [1.54, 1.807) is 0 Å². The fraction of sp³-hybridized carbons (Fsp3) is 0.250. The molecule has 1 nitrogen and oxygen atoms in total. The number of rotatable bonds is 4. The van der Waals surface area contributed by atoms with Crippen molar-refractivity contribution in [2.45, 2.75) is 33.2 Å². The lowest BCUT2D eigenvalue weighted by molar-refractivity contribution is 0.653. The van der Waals surface area contributed by atoms with E-state index in [1.165, 1.54) is 61.1 Å². The summed E-state index contributed by atoms with van der Waals surface area (Å²) in [5.41, 5.74) is 6.73. The topological polar surface area (TPSA) is 4.93 Å². The molecule has 1 aliphatic carbocycles. The zero-order valence-corrected chi connectivity index (χ0v) is 16.2. The number of benzene rings is 2. The first kappa shape index (κ1) is 15.9. The van der Waals surface area contributed by atoms with E-state index in [0.29, 0.717) is 0 Å². The summed E-state index contributed by atoms with van der Waals surface area (Å²) < 4.78 is 3.93. The monoisotopic (exact) mass is 357 g/mol. The highest BCUT2D eigenvalue weighted by molar-refractivity contribution is 7.22. The molecule has 2 heterocycles. The molecule has 1 fully saturated rings. The number of aromatic nitrogens is 1. The molecule has 0 unspecified atom stereocenters. The summed E-state index contributed by atoms with van der Waals surface area (Å²) in [5, 5.41) is 2.77. The SMILES string of the molecule is C=Cc1cc(C)c2c(C)c(-c3cc4ccccc4n3CC3CC3)sc2c1. The minimum absolute atomic E-state index is 0.855. The van der Waals surface area contributed by atoms with Crippen LogP contribution >= 0.6 is 11.3 Å². The first-order valence-electron chi connectivity index (χ1n) is 9.40. The predicted molar refractivity (Wildman–Crippen MR) is 115 cm³/mol. The highest BCUT2D eigenvalue weighted by Crippen LogP contribution is 2.43. The lowest BCUT2D eigenvalue weighted by Gasteiger charge is -2.10. The van der Waals surface area contributed by atoms with Crippen molar-refractivity contribution in [2.24, 2.45) is 5.92 Å². The molecule has 2 aromatic heterocycles. The van der Waals surface area contributed by atoms with Gasteiger partial charge in [0.05, 0.1) is 10.6 Å². The highest BCUT2D eigenvalue weighted by Gasteiger charge is 2.25. The normalized spacial score (nSPS) is 14.4. The van der Waals surface area contributed by atoms with Gasteiger partial charge < -0.3 is 4.57 Å². The largest absolute Gasteiger partial charge is 0.340 e. The minimum Gasteiger partial charge on any atom is -0.340 e. The summed E-state index contributed by atoms with van der Waals surface area (Å²) in [6, 6.07) is 15.7. The molecule has 0 spiro atoms. The minimum atomic E-state index is 0.855. The van der Waals surface area contributed by atoms with Gasteiger partial charge in [0, 0.05) is 22.1 Å². The zero-order valence-electron chi connectivity index (χ0n) is 15.4. The summed E-state index contributed by atoms with van der Waals surface area (Å²) in [6.07, 6.45) is 4.70. The molecule has 0 N–H and O–H groups in total. The predicted octanol–water partition coefficient (Wildman–Crippen LogP) is 7.19. The average Bonchev–Trinajstić information content (AvgIpc) is 3.30. The molecule has 0 amide bonds. The number of fused-ring (bicyclic) bond motifs is 2. The molecule has 130 valence electrons. The molecule has 26 heavy (non-hydrogen) atoms. The molecule has 1 aliphatic rings. The molecular formula is C24H23NS. The summed E-state index contributed by atoms with van der Waals surface area (Å²) in [5.74, 6) is 0.855. The van der Waals surface area contributed by atoms with Gasteiger partial charge in [-0.05, 0) is 72.9 Å². The third kappa shape index (κ3) is 2.44. The molecule has 0 radical (unpaired) electrons. The Balaban J connectivity index is 1.78. The van der Waals surface area contributed by atoms with Gasteiger partial charge in [-0.2, -0.15) is 0 Å². The van der Waals surface area contributed by atoms with Crippen LogP contribution in [0.5, 0.6) is 0 Å². The van der Waals surface area contributed by atoms with Crippen LogP contribution in [0.25, 0.3) is 37.6 Å². The Morgan fingerprint density at radius 3 is 2.73 bits per heavy atom. The van der Waals surface area contributed by atoms with E-state index < -0.39 is 0 Å². The maximum absolute atomic E-state index is 3.95. The molecule has 0 aliphatic heterocycles. The van der Waals surface area contributed by atoms with E-state index in [2.05, 4.69) is 67.5 Å². The van der Waals surface area contributed by atoms with Crippen molar-refractivity contribution >= 4 is 38.4 Å². The standard InChI is InChI=1S/C24H23NS/c1-4-17-11-15(2)23-16(3)24(26-22(23)12-17)21-13-19-7-5-6-8-20(19)25(21)14-18-9-10-18/h4-8,11-13,18H,1,9-10,14H2,2-3H3. The number of thiophene rings is 1. The third-order valence-corrected chi connectivity index (χ3v) is 6.93. The van der Waals surface area contributed by atoms with Gasteiger partial charge in [-0.1, -0.05) is 36.9 Å². The fourth-order valence-corrected chi connectivity index (χ4v) is 5.52. The third-order valence-electron chi connectivity index (χ3n) is 5.67. The van der Waals surface area contributed by atoms with Crippen LogP contribution in [0.3, 0.4) is 0 Å². The molecule has 2 heteroatoms. The molecule has 2 aromatic carbocycles. The van der Waals surface area contributed by atoms with Crippen molar-refractivity contribution in [3.8, 4) is 10.6 Å². The highest BCUT2D eigenvalue weighted by atomic mass is 32.1. The smallest absolute Gasteiger partial charge is 0.0596 e. The second kappa shape index (κ2) is 5.85. The van der Waals surface area contributed by atoms with Crippen molar-refractivity contribution in [3.05, 3.63) is 65.7 Å². The lowest BCUT2D eigenvalue weighted by Crippen LogP contribution is -2.01. The van der Waals surface area contributed by atoms with Crippen molar-refractivity contribution in [2.75, 3.05) is 0 Å². The van der Waals surface area contributed by atoms with Gasteiger partial charge in [0.1, 0.15) is 0 Å². The summed E-state index contributed by atoms with van der Waals surface area (Å²) in [4.78, 5) is 1.42. The van der Waals surface area contributed by atoms with Crippen molar-refractivity contribution in [1.82, 2.24) is 4.57 Å². The van der Waals surface area contributed by atoms with E-state index in [1.807, 2.05) is 17.4 Å². The molecule has 1 saturated carbocycles. The van der Waals surface area contributed by atoms with Crippen LogP contribution in [0, 0.1) is 19.8 Å². The maximum atomic E-state index is 3.95. The second-order valence-electron chi connectivity index (χ2n) is 7.61. The first-order chi connectivity index (χ1) is 12.7. The van der Waals surface area contributed by atoms with Crippen molar-refractivity contribution in [3.63, 3.8) is 0 Å². The molecule has 5 rings (SSSR count). The molecule has 0 bridgehead atoms. The second-order valence-corrected chi connectivity index (χ2v) is 8.67. The van der Waals surface area contributed by atoms with E-state index >= 15 is 0 Å². The van der Waals surface area contributed by atoms with Gasteiger partial charge in [-0.15, -0.1) is 11.3 Å². The van der Waals surface area contributed by atoms with E-state index in [0.717, 1.165) is 12.5 Å². The quantitative estimate of drug-likeness (QED) is 0.364. The number of aryl methyl sites for hydroxylation is 2. The number of hydrogen-bond acceptors (Lipinski definition) is 1. The van der Waals surface area contributed by atoms with E-state index in [-0.39, 0.29) is 0 Å². The van der Waals surface area contributed by atoms with Crippen LogP contribution in [0.15, 0.2) is 49.0 Å². The van der Waals surface area contributed by atoms with Gasteiger partial charge in [0.25, 0.3) is 0 Å². The van der Waals surface area contributed by atoms with Crippen LogP contribution in [0.4, 0.5) is 0 Å². The van der Waals surface area contributed by atoms with E-state index in [4.69, 9.17) is 0 Å². The van der Waals surface area contributed by atoms with Crippen LogP contribution < -0.4 is 0 Å². The van der Waals surface area contributed by atoms with Gasteiger partial charge >= 0.3 is 0 Å². The molecular weight excluding hydrogens is 334 g/mol. The van der Waals surface area contributed by atoms with Gasteiger partial charge in [-0.3, -0.25) is 0 Å². The number of para-hydroxylation sites is 1. The molecule has 0 saturated heterocycles. The molecule has 0 atom stereocenters. The van der Waals surface area contributed by atoms with Crippen LogP contribution in [0.2, 0.25) is 0 Å². The van der Waals surface area contributed by atoms with Crippen LogP contribution in [-0.2, 0) is 6.54 Å². The number of nitrogens with zero attached hydrogens (tertiary/aromatic N) is 1. The van der Waals surface area contributed by atoms with Gasteiger partial charge in [0.2, 0.25) is 0 Å².